The smallest absolute Gasteiger partial charge is 0.258 e. The Bertz CT molecular complexity index is 1020. The van der Waals surface area contributed by atoms with E-state index in [4.69, 9.17) is 9.15 Å². The van der Waals surface area contributed by atoms with Gasteiger partial charge in [0.25, 0.3) is 5.91 Å². The Balaban J connectivity index is 1.81. The summed E-state index contributed by atoms with van der Waals surface area (Å²) in [5.41, 5.74) is 3.29. The van der Waals surface area contributed by atoms with Crippen molar-refractivity contribution in [2.45, 2.75) is 19.9 Å². The van der Waals surface area contributed by atoms with Gasteiger partial charge in [0.15, 0.2) is 6.04 Å². The summed E-state index contributed by atoms with van der Waals surface area (Å²) in [6.07, 6.45) is 1.51. The van der Waals surface area contributed by atoms with Crippen molar-refractivity contribution in [2.24, 2.45) is 0 Å². The second-order valence-corrected chi connectivity index (χ2v) is 7.04. The molecule has 2 heterocycles. The lowest BCUT2D eigenvalue weighted by molar-refractivity contribution is -0.129. The summed E-state index contributed by atoms with van der Waals surface area (Å²) < 4.78 is 10.8. The van der Waals surface area contributed by atoms with E-state index in [9.17, 15) is 9.59 Å². The summed E-state index contributed by atoms with van der Waals surface area (Å²) in [5, 5.41) is 0. The number of para-hydroxylation sites is 1. The number of carbonyl (C=O) groups is 2. The third-order valence-corrected chi connectivity index (χ3v) is 5.19. The molecule has 2 aromatic carbocycles. The van der Waals surface area contributed by atoms with Crippen molar-refractivity contribution in [3.8, 4) is 5.75 Å². The minimum atomic E-state index is -0.876. The molecule has 29 heavy (non-hydrogen) atoms. The van der Waals surface area contributed by atoms with Crippen LogP contribution in [0.25, 0.3) is 0 Å². The van der Waals surface area contributed by atoms with E-state index in [0.717, 1.165) is 16.8 Å². The molecule has 2 amide bonds. The highest BCUT2D eigenvalue weighted by Gasteiger charge is 2.44. The van der Waals surface area contributed by atoms with Gasteiger partial charge in [0.2, 0.25) is 5.91 Å². The van der Waals surface area contributed by atoms with Gasteiger partial charge < -0.3 is 14.1 Å². The molecular weight excluding hydrogens is 368 g/mol. The van der Waals surface area contributed by atoms with E-state index in [-0.39, 0.29) is 18.4 Å². The quantitative estimate of drug-likeness (QED) is 0.675. The first-order valence-electron chi connectivity index (χ1n) is 9.38. The molecule has 1 aliphatic rings. The first-order chi connectivity index (χ1) is 14.0. The van der Waals surface area contributed by atoms with Crippen molar-refractivity contribution in [2.75, 3.05) is 23.5 Å². The molecule has 148 valence electrons. The van der Waals surface area contributed by atoms with Crippen molar-refractivity contribution in [1.29, 1.82) is 0 Å². The van der Waals surface area contributed by atoms with Crippen LogP contribution in [0.1, 0.15) is 22.9 Å². The Kier molecular flexibility index (Phi) is 4.84. The molecule has 0 spiro atoms. The van der Waals surface area contributed by atoms with E-state index in [1.165, 1.54) is 11.2 Å². The number of aryl methyl sites for hydroxylation is 2. The Morgan fingerprint density at radius 3 is 2.24 bits per heavy atom. The molecule has 3 aromatic rings. The number of hydrogen-bond acceptors (Lipinski definition) is 4. The average Bonchev–Trinajstić information content (AvgIpc) is 3.24. The van der Waals surface area contributed by atoms with Crippen molar-refractivity contribution in [3.05, 3.63) is 77.7 Å². The molecule has 6 nitrogen and oxygen atoms in total. The zero-order valence-corrected chi connectivity index (χ0v) is 16.6. The van der Waals surface area contributed by atoms with Gasteiger partial charge in [0.1, 0.15) is 18.1 Å². The summed E-state index contributed by atoms with van der Waals surface area (Å²) in [6.45, 7) is 3.85. The van der Waals surface area contributed by atoms with Crippen LogP contribution in [-0.2, 0) is 9.59 Å². The van der Waals surface area contributed by atoms with E-state index in [0.29, 0.717) is 17.2 Å². The average molecular weight is 390 g/mol. The van der Waals surface area contributed by atoms with Crippen LogP contribution in [0.2, 0.25) is 0 Å². The fraction of sp³-hybridized carbons (Fsp3) is 0.217. The van der Waals surface area contributed by atoms with Gasteiger partial charge in [0.05, 0.1) is 19.1 Å². The maximum atomic E-state index is 13.6. The van der Waals surface area contributed by atoms with Crippen LogP contribution in [0.15, 0.2) is 65.3 Å². The molecular formula is C23H22N2O4. The number of methoxy groups -OCH3 is 1. The highest BCUT2D eigenvalue weighted by atomic mass is 16.5. The highest BCUT2D eigenvalue weighted by molar-refractivity contribution is 6.14. The maximum absolute atomic E-state index is 13.6. The molecule has 1 aliphatic heterocycles. The summed E-state index contributed by atoms with van der Waals surface area (Å²) in [4.78, 5) is 30.0. The molecule has 0 saturated carbocycles. The monoisotopic (exact) mass is 390 g/mol. The topological polar surface area (TPSA) is 63.0 Å². The Hall–Kier alpha value is -3.54. The van der Waals surface area contributed by atoms with Crippen molar-refractivity contribution in [1.82, 2.24) is 0 Å². The highest BCUT2D eigenvalue weighted by Crippen LogP contribution is 2.37. The number of piperazine rings is 1. The van der Waals surface area contributed by atoms with E-state index in [1.54, 1.807) is 48.4 Å². The summed E-state index contributed by atoms with van der Waals surface area (Å²) in [6, 6.07) is 15.5. The van der Waals surface area contributed by atoms with Crippen LogP contribution in [0.4, 0.5) is 11.4 Å². The second kappa shape index (κ2) is 7.47. The largest absolute Gasteiger partial charge is 0.497 e. The molecule has 4 rings (SSSR count). The van der Waals surface area contributed by atoms with Crippen molar-refractivity contribution >= 4 is 23.2 Å². The van der Waals surface area contributed by atoms with Crippen molar-refractivity contribution in [3.63, 3.8) is 0 Å². The van der Waals surface area contributed by atoms with Gasteiger partial charge in [-0.25, -0.2) is 0 Å². The first-order valence-corrected chi connectivity index (χ1v) is 9.38. The van der Waals surface area contributed by atoms with Crippen LogP contribution in [-0.4, -0.2) is 25.5 Å². The van der Waals surface area contributed by atoms with Gasteiger partial charge in [-0.05, 0) is 61.4 Å². The molecule has 1 saturated heterocycles. The van der Waals surface area contributed by atoms with Crippen LogP contribution < -0.4 is 14.5 Å². The molecule has 0 aliphatic carbocycles. The second-order valence-electron chi connectivity index (χ2n) is 7.04. The molecule has 1 unspecified atom stereocenters. The summed E-state index contributed by atoms with van der Waals surface area (Å²) >= 11 is 0. The van der Waals surface area contributed by atoms with E-state index in [1.807, 2.05) is 32.0 Å². The van der Waals surface area contributed by atoms with Gasteiger partial charge in [-0.3, -0.25) is 14.5 Å². The lowest BCUT2D eigenvalue weighted by Crippen LogP contribution is -2.56. The Morgan fingerprint density at radius 2 is 1.66 bits per heavy atom. The Morgan fingerprint density at radius 1 is 0.966 bits per heavy atom. The lowest BCUT2D eigenvalue weighted by Gasteiger charge is -2.40. The fourth-order valence-corrected chi connectivity index (χ4v) is 3.84. The van der Waals surface area contributed by atoms with Gasteiger partial charge >= 0.3 is 0 Å². The van der Waals surface area contributed by atoms with Crippen molar-refractivity contribution < 1.29 is 18.7 Å². The minimum absolute atomic E-state index is 0.0340. The fourth-order valence-electron chi connectivity index (χ4n) is 3.84. The number of furan rings is 1. The van der Waals surface area contributed by atoms with Crippen LogP contribution in [0.5, 0.6) is 5.75 Å². The van der Waals surface area contributed by atoms with Gasteiger partial charge in [-0.2, -0.15) is 0 Å². The van der Waals surface area contributed by atoms with Crippen LogP contribution in [0, 0.1) is 13.8 Å². The number of ether oxygens (including phenoxy) is 1. The summed E-state index contributed by atoms with van der Waals surface area (Å²) in [5.74, 6) is 0.720. The number of amides is 2. The van der Waals surface area contributed by atoms with Crippen LogP contribution in [0.3, 0.4) is 0 Å². The third kappa shape index (κ3) is 3.27. The third-order valence-electron chi connectivity index (χ3n) is 5.19. The maximum Gasteiger partial charge on any atom is 0.258 e. The summed E-state index contributed by atoms with van der Waals surface area (Å²) in [7, 11) is 1.58. The minimum Gasteiger partial charge on any atom is -0.497 e. The number of carbonyl (C=O) groups excluding carboxylic acids is 2. The number of rotatable bonds is 4. The number of benzene rings is 2. The normalized spacial score (nSPS) is 17.0. The van der Waals surface area contributed by atoms with E-state index < -0.39 is 6.04 Å². The molecule has 0 N–H and O–H groups in total. The van der Waals surface area contributed by atoms with Gasteiger partial charge in [0, 0.05) is 5.69 Å². The molecule has 1 atom stereocenters. The standard InChI is InChI=1S/C23H22N2O4/c1-15-6-4-7-16(2)21(15)24-14-20(26)25(17-9-11-18(28-3)12-10-17)22(23(24)27)19-8-5-13-29-19/h4-13,22H,14H2,1-3H3. The lowest BCUT2D eigenvalue weighted by atomic mass is 10.0. The number of hydrogen-bond donors (Lipinski definition) is 0. The van der Waals surface area contributed by atoms with Crippen LogP contribution >= 0.6 is 0 Å². The van der Waals surface area contributed by atoms with Gasteiger partial charge in [-0.15, -0.1) is 0 Å². The molecule has 0 bridgehead atoms. The van der Waals surface area contributed by atoms with E-state index in [2.05, 4.69) is 0 Å². The molecule has 0 radical (unpaired) electrons. The zero-order valence-electron chi connectivity index (χ0n) is 16.6. The van der Waals surface area contributed by atoms with Gasteiger partial charge in [-0.1, -0.05) is 18.2 Å². The molecule has 6 heteroatoms. The Labute approximate surface area is 169 Å². The van der Waals surface area contributed by atoms with E-state index >= 15 is 0 Å². The molecule has 1 aromatic heterocycles. The number of anilines is 2. The predicted molar refractivity (Wildman–Crippen MR) is 110 cm³/mol. The number of nitrogens with zero attached hydrogens (tertiary/aromatic N) is 2. The zero-order chi connectivity index (χ0) is 20.5. The first kappa shape index (κ1) is 18.8. The SMILES string of the molecule is COc1ccc(N2C(=O)CN(c3c(C)cccc3C)C(=O)C2c2ccco2)cc1. The predicted octanol–water partition coefficient (Wildman–Crippen LogP) is 4.03. The molecule has 1 fully saturated rings.